The Kier molecular flexibility index (Phi) is 4.96. The SMILES string of the molecule is CC(=O)Nc1ccccc1CNC(C)Cc1ccco1. The van der Waals surface area contributed by atoms with E-state index in [1.54, 1.807) is 6.26 Å². The predicted octanol–water partition coefficient (Wildman–Crippen LogP) is 2.96. The molecule has 4 nitrogen and oxygen atoms in total. The van der Waals surface area contributed by atoms with E-state index >= 15 is 0 Å². The Hall–Kier alpha value is -2.07. The molecule has 0 saturated carbocycles. The minimum Gasteiger partial charge on any atom is -0.469 e. The van der Waals surface area contributed by atoms with E-state index in [0.29, 0.717) is 12.6 Å². The van der Waals surface area contributed by atoms with Crippen molar-refractivity contribution in [3.8, 4) is 0 Å². The van der Waals surface area contributed by atoms with Gasteiger partial charge in [0.15, 0.2) is 0 Å². The topological polar surface area (TPSA) is 54.3 Å². The quantitative estimate of drug-likeness (QED) is 0.850. The zero-order valence-electron chi connectivity index (χ0n) is 11.8. The Balaban J connectivity index is 1.91. The number of rotatable bonds is 6. The van der Waals surface area contributed by atoms with Crippen LogP contribution in [0.15, 0.2) is 47.1 Å². The number of carbonyl (C=O) groups excluding carboxylic acids is 1. The van der Waals surface area contributed by atoms with Crippen LogP contribution in [-0.4, -0.2) is 11.9 Å². The first-order valence-electron chi connectivity index (χ1n) is 6.76. The number of nitrogens with one attached hydrogen (secondary N) is 2. The summed E-state index contributed by atoms with van der Waals surface area (Å²) in [6.45, 7) is 4.34. The zero-order valence-corrected chi connectivity index (χ0v) is 11.8. The maximum Gasteiger partial charge on any atom is 0.221 e. The molecule has 20 heavy (non-hydrogen) atoms. The van der Waals surface area contributed by atoms with Crippen molar-refractivity contribution in [2.75, 3.05) is 5.32 Å². The van der Waals surface area contributed by atoms with Crippen molar-refractivity contribution in [2.24, 2.45) is 0 Å². The predicted molar refractivity (Wildman–Crippen MR) is 79.5 cm³/mol. The molecule has 1 aromatic heterocycles. The number of anilines is 1. The van der Waals surface area contributed by atoms with E-state index in [4.69, 9.17) is 4.42 Å². The third-order valence-corrected chi connectivity index (χ3v) is 3.06. The maximum absolute atomic E-state index is 11.2. The minimum atomic E-state index is -0.0546. The molecule has 1 atom stereocenters. The van der Waals surface area contributed by atoms with Crippen LogP contribution in [0.3, 0.4) is 0 Å². The van der Waals surface area contributed by atoms with Crippen molar-refractivity contribution >= 4 is 11.6 Å². The summed E-state index contributed by atoms with van der Waals surface area (Å²) < 4.78 is 5.34. The van der Waals surface area contributed by atoms with E-state index < -0.39 is 0 Å². The largest absolute Gasteiger partial charge is 0.469 e. The van der Waals surface area contributed by atoms with E-state index in [2.05, 4.69) is 17.6 Å². The third-order valence-electron chi connectivity index (χ3n) is 3.06. The van der Waals surface area contributed by atoms with Gasteiger partial charge in [-0.05, 0) is 30.7 Å². The van der Waals surface area contributed by atoms with Gasteiger partial charge in [0.05, 0.1) is 6.26 Å². The normalized spacial score (nSPS) is 12.1. The van der Waals surface area contributed by atoms with Crippen molar-refractivity contribution in [2.45, 2.75) is 32.9 Å². The average Bonchev–Trinajstić information content (AvgIpc) is 2.90. The van der Waals surface area contributed by atoms with Gasteiger partial charge in [-0.15, -0.1) is 0 Å². The van der Waals surface area contributed by atoms with Crippen LogP contribution in [0, 0.1) is 0 Å². The lowest BCUT2D eigenvalue weighted by Crippen LogP contribution is -2.27. The molecule has 1 heterocycles. The maximum atomic E-state index is 11.2. The Labute approximate surface area is 119 Å². The standard InChI is InChI=1S/C16H20N2O2/c1-12(10-15-7-5-9-20-15)17-11-14-6-3-4-8-16(14)18-13(2)19/h3-9,12,17H,10-11H2,1-2H3,(H,18,19). The number of amides is 1. The van der Waals surface area contributed by atoms with Gasteiger partial charge in [-0.1, -0.05) is 18.2 Å². The zero-order chi connectivity index (χ0) is 14.4. The van der Waals surface area contributed by atoms with Crippen molar-refractivity contribution in [1.82, 2.24) is 5.32 Å². The molecule has 0 spiro atoms. The number of hydrogen-bond acceptors (Lipinski definition) is 3. The van der Waals surface area contributed by atoms with Crippen molar-refractivity contribution in [1.29, 1.82) is 0 Å². The smallest absolute Gasteiger partial charge is 0.221 e. The first-order valence-corrected chi connectivity index (χ1v) is 6.76. The van der Waals surface area contributed by atoms with Crippen molar-refractivity contribution in [3.05, 3.63) is 54.0 Å². The van der Waals surface area contributed by atoms with Crippen LogP contribution in [-0.2, 0) is 17.8 Å². The second-order valence-electron chi connectivity index (χ2n) is 4.90. The van der Waals surface area contributed by atoms with Gasteiger partial charge in [-0.3, -0.25) is 4.79 Å². The first-order chi connectivity index (χ1) is 9.65. The molecule has 0 aliphatic rings. The summed E-state index contributed by atoms with van der Waals surface area (Å²) in [4.78, 5) is 11.2. The molecule has 1 amide bonds. The van der Waals surface area contributed by atoms with Crippen LogP contribution in [0.5, 0.6) is 0 Å². The summed E-state index contributed by atoms with van der Waals surface area (Å²) in [7, 11) is 0. The van der Waals surface area contributed by atoms with E-state index in [1.807, 2.05) is 36.4 Å². The summed E-state index contributed by atoms with van der Waals surface area (Å²) in [5, 5.41) is 6.28. The Morgan fingerprint density at radius 3 is 2.75 bits per heavy atom. The molecule has 1 aromatic carbocycles. The highest BCUT2D eigenvalue weighted by Gasteiger charge is 2.07. The summed E-state index contributed by atoms with van der Waals surface area (Å²) >= 11 is 0. The second-order valence-corrected chi connectivity index (χ2v) is 4.90. The number of benzene rings is 1. The Morgan fingerprint density at radius 1 is 1.25 bits per heavy atom. The molecule has 0 aliphatic carbocycles. The van der Waals surface area contributed by atoms with Gasteiger partial charge in [0.1, 0.15) is 5.76 Å². The van der Waals surface area contributed by atoms with Crippen LogP contribution in [0.1, 0.15) is 25.2 Å². The molecule has 0 bridgehead atoms. The fourth-order valence-corrected chi connectivity index (χ4v) is 2.07. The van der Waals surface area contributed by atoms with Crippen LogP contribution in [0.25, 0.3) is 0 Å². The molecule has 0 fully saturated rings. The van der Waals surface area contributed by atoms with Crippen molar-refractivity contribution in [3.63, 3.8) is 0 Å². The van der Waals surface area contributed by atoms with Crippen LogP contribution >= 0.6 is 0 Å². The minimum absolute atomic E-state index is 0.0546. The summed E-state index contributed by atoms with van der Waals surface area (Å²) in [6.07, 6.45) is 2.53. The van der Waals surface area contributed by atoms with E-state index in [-0.39, 0.29) is 5.91 Å². The first kappa shape index (κ1) is 14.3. The fourth-order valence-electron chi connectivity index (χ4n) is 2.07. The molecule has 4 heteroatoms. The third kappa shape index (κ3) is 4.24. The number of carbonyl (C=O) groups is 1. The van der Waals surface area contributed by atoms with Crippen LogP contribution in [0.4, 0.5) is 5.69 Å². The Morgan fingerprint density at radius 2 is 2.05 bits per heavy atom. The highest BCUT2D eigenvalue weighted by atomic mass is 16.3. The second kappa shape index (κ2) is 6.91. The van der Waals surface area contributed by atoms with Gasteiger partial charge in [0.25, 0.3) is 0 Å². The van der Waals surface area contributed by atoms with Crippen molar-refractivity contribution < 1.29 is 9.21 Å². The van der Waals surface area contributed by atoms with Gasteiger partial charge < -0.3 is 15.1 Å². The molecule has 1 unspecified atom stereocenters. The van der Waals surface area contributed by atoms with E-state index in [1.165, 1.54) is 6.92 Å². The average molecular weight is 272 g/mol. The molecule has 0 aliphatic heterocycles. The molecule has 106 valence electrons. The summed E-state index contributed by atoms with van der Waals surface area (Å²) in [5.74, 6) is 0.918. The highest BCUT2D eigenvalue weighted by molar-refractivity contribution is 5.89. The van der Waals surface area contributed by atoms with Gasteiger partial charge in [0.2, 0.25) is 5.91 Å². The van der Waals surface area contributed by atoms with Crippen LogP contribution in [0.2, 0.25) is 0 Å². The Bertz CT molecular complexity index is 549. The van der Waals surface area contributed by atoms with Gasteiger partial charge >= 0.3 is 0 Å². The summed E-state index contributed by atoms with van der Waals surface area (Å²) in [5.41, 5.74) is 1.94. The molecule has 2 N–H and O–H groups in total. The lowest BCUT2D eigenvalue weighted by Gasteiger charge is -2.15. The molecular weight excluding hydrogens is 252 g/mol. The van der Waals surface area contributed by atoms with Gasteiger partial charge in [-0.2, -0.15) is 0 Å². The monoisotopic (exact) mass is 272 g/mol. The lowest BCUT2D eigenvalue weighted by atomic mass is 10.1. The highest BCUT2D eigenvalue weighted by Crippen LogP contribution is 2.15. The van der Waals surface area contributed by atoms with E-state index in [0.717, 1.165) is 23.4 Å². The molecular formula is C16H20N2O2. The summed E-state index contributed by atoms with van der Waals surface area (Å²) in [6, 6.07) is 12.0. The number of para-hydroxylation sites is 1. The van der Waals surface area contributed by atoms with E-state index in [9.17, 15) is 4.79 Å². The molecule has 0 radical (unpaired) electrons. The molecule has 2 aromatic rings. The van der Waals surface area contributed by atoms with Crippen LogP contribution < -0.4 is 10.6 Å². The lowest BCUT2D eigenvalue weighted by molar-refractivity contribution is -0.114. The fraction of sp³-hybridized carbons (Fsp3) is 0.312. The number of furan rings is 1. The number of hydrogen-bond donors (Lipinski definition) is 2. The molecule has 2 rings (SSSR count). The van der Waals surface area contributed by atoms with Gasteiger partial charge in [0, 0.05) is 31.6 Å². The molecule has 0 saturated heterocycles. The van der Waals surface area contributed by atoms with Gasteiger partial charge in [-0.25, -0.2) is 0 Å².